The third-order valence-electron chi connectivity index (χ3n) is 6.92. The van der Waals surface area contributed by atoms with Crippen LogP contribution in [0.2, 0.25) is 0 Å². The topological polar surface area (TPSA) is 56.2 Å². The Morgan fingerprint density at radius 3 is 2.26 bits per heavy atom. The molecule has 0 radical (unpaired) electrons. The first-order valence-electron chi connectivity index (χ1n) is 12.1. The average molecular weight is 481 g/mol. The third kappa shape index (κ3) is 5.77. The van der Waals surface area contributed by atoms with Crippen molar-refractivity contribution in [3.8, 4) is 0 Å². The Balaban J connectivity index is 1.42. The zero-order chi connectivity index (χ0) is 24.1. The summed E-state index contributed by atoms with van der Waals surface area (Å²) in [5.41, 5.74) is 3.41. The van der Waals surface area contributed by atoms with Gasteiger partial charge in [-0.25, -0.2) is 8.42 Å². The second-order valence-corrected chi connectivity index (χ2v) is 11.5. The molecule has 1 fully saturated rings. The van der Waals surface area contributed by atoms with Crippen LogP contribution in [0.1, 0.15) is 37.8 Å². The van der Waals surface area contributed by atoms with Gasteiger partial charge in [0.2, 0.25) is 10.0 Å². The molecule has 2 aromatic carbocycles. The maximum atomic E-state index is 13.4. The number of benzene rings is 2. The van der Waals surface area contributed by atoms with Gasteiger partial charge in [0.1, 0.15) is 0 Å². The van der Waals surface area contributed by atoms with Gasteiger partial charge in [0.15, 0.2) is 0 Å². The predicted octanol–water partition coefficient (Wildman–Crippen LogP) is 4.40. The number of rotatable bonds is 8. The molecule has 182 valence electrons. The fourth-order valence-corrected chi connectivity index (χ4v) is 6.43. The first-order chi connectivity index (χ1) is 16.3. The standard InChI is InChI=1S/C27H36N4O2S/c1-22-20-29(2)21-26(28-22)23-14-17-31(18-15-23)19-16-27(24-10-6-4-7-11-24)30(3)34(32,33)25-12-8-5-9-13-25/h4-13,21,23,27H,14-20H2,1-3H3. The van der Waals surface area contributed by atoms with Gasteiger partial charge in [0, 0.05) is 31.9 Å². The molecule has 0 spiro atoms. The number of hydrogen-bond acceptors (Lipinski definition) is 5. The Kier molecular flexibility index (Phi) is 7.86. The number of aliphatic imine (C=N–C) groups is 1. The maximum Gasteiger partial charge on any atom is 0.243 e. The van der Waals surface area contributed by atoms with Crippen LogP contribution in [0.25, 0.3) is 0 Å². The van der Waals surface area contributed by atoms with Crippen molar-refractivity contribution in [2.45, 2.75) is 37.1 Å². The van der Waals surface area contributed by atoms with Crippen LogP contribution in [-0.2, 0) is 10.0 Å². The van der Waals surface area contributed by atoms with Crippen LogP contribution in [0.5, 0.6) is 0 Å². The highest BCUT2D eigenvalue weighted by atomic mass is 32.2. The molecular weight excluding hydrogens is 444 g/mol. The fourth-order valence-electron chi connectivity index (χ4n) is 5.03. The van der Waals surface area contributed by atoms with E-state index < -0.39 is 10.0 Å². The van der Waals surface area contributed by atoms with Crippen molar-refractivity contribution in [2.24, 2.45) is 10.9 Å². The molecular formula is C27H36N4O2S. The summed E-state index contributed by atoms with van der Waals surface area (Å²) in [5.74, 6) is 0.500. The smallest absolute Gasteiger partial charge is 0.243 e. The molecule has 0 N–H and O–H groups in total. The van der Waals surface area contributed by atoms with Crippen molar-refractivity contribution in [3.05, 3.63) is 78.1 Å². The van der Waals surface area contributed by atoms with Gasteiger partial charge in [0.25, 0.3) is 0 Å². The lowest BCUT2D eigenvalue weighted by Crippen LogP contribution is -2.38. The number of piperidine rings is 1. The van der Waals surface area contributed by atoms with Crippen molar-refractivity contribution in [2.75, 3.05) is 40.3 Å². The largest absolute Gasteiger partial charge is 0.373 e. The molecule has 0 amide bonds. The van der Waals surface area contributed by atoms with E-state index in [2.05, 4.69) is 30.0 Å². The molecule has 2 aromatic rings. The second-order valence-electron chi connectivity index (χ2n) is 9.48. The van der Waals surface area contributed by atoms with Gasteiger partial charge in [-0.2, -0.15) is 4.31 Å². The summed E-state index contributed by atoms with van der Waals surface area (Å²) in [6.45, 7) is 5.89. The van der Waals surface area contributed by atoms with Crippen LogP contribution < -0.4 is 0 Å². The van der Waals surface area contributed by atoms with E-state index in [9.17, 15) is 8.42 Å². The minimum atomic E-state index is -3.59. The zero-order valence-corrected chi connectivity index (χ0v) is 21.3. The molecule has 0 aliphatic carbocycles. The summed E-state index contributed by atoms with van der Waals surface area (Å²) in [4.78, 5) is 9.84. The lowest BCUT2D eigenvalue weighted by molar-refractivity contribution is 0.181. The summed E-state index contributed by atoms with van der Waals surface area (Å²) < 4.78 is 28.3. The molecule has 1 atom stereocenters. The molecule has 1 unspecified atom stereocenters. The molecule has 34 heavy (non-hydrogen) atoms. The summed E-state index contributed by atoms with van der Waals surface area (Å²) in [6.07, 6.45) is 5.12. The number of sulfonamides is 1. The molecule has 2 aliphatic rings. The van der Waals surface area contributed by atoms with E-state index in [1.54, 1.807) is 35.6 Å². The molecule has 7 heteroatoms. The third-order valence-corrected chi connectivity index (χ3v) is 8.80. The van der Waals surface area contributed by atoms with Crippen LogP contribution in [0.3, 0.4) is 0 Å². The monoisotopic (exact) mass is 480 g/mol. The number of hydrogen-bond donors (Lipinski definition) is 0. The highest BCUT2D eigenvalue weighted by molar-refractivity contribution is 7.89. The predicted molar refractivity (Wildman–Crippen MR) is 138 cm³/mol. The van der Waals surface area contributed by atoms with E-state index in [0.29, 0.717) is 10.8 Å². The summed E-state index contributed by atoms with van der Waals surface area (Å²) in [5, 5.41) is 0. The van der Waals surface area contributed by atoms with Crippen LogP contribution in [0.4, 0.5) is 0 Å². The van der Waals surface area contributed by atoms with Crippen molar-refractivity contribution in [1.82, 2.24) is 14.1 Å². The van der Waals surface area contributed by atoms with Gasteiger partial charge in [0.05, 0.1) is 23.2 Å². The molecule has 0 aromatic heterocycles. The fraction of sp³-hybridized carbons (Fsp3) is 0.444. The number of allylic oxidation sites excluding steroid dienone is 1. The van der Waals surface area contributed by atoms with Crippen LogP contribution >= 0.6 is 0 Å². The Morgan fingerprint density at radius 1 is 1.03 bits per heavy atom. The van der Waals surface area contributed by atoms with Crippen molar-refractivity contribution in [3.63, 3.8) is 0 Å². The van der Waals surface area contributed by atoms with Crippen LogP contribution in [0.15, 0.2) is 82.4 Å². The lowest BCUT2D eigenvalue weighted by Gasteiger charge is -2.35. The lowest BCUT2D eigenvalue weighted by atomic mass is 9.92. The van der Waals surface area contributed by atoms with E-state index in [1.165, 1.54) is 11.4 Å². The molecule has 6 nitrogen and oxygen atoms in total. The number of nitrogens with zero attached hydrogens (tertiary/aromatic N) is 4. The molecule has 4 rings (SSSR count). The molecule has 0 saturated carbocycles. The van der Waals surface area contributed by atoms with E-state index in [1.807, 2.05) is 36.4 Å². The first kappa shape index (κ1) is 24.6. The molecule has 2 heterocycles. The van der Waals surface area contributed by atoms with Crippen molar-refractivity contribution < 1.29 is 8.42 Å². The quantitative estimate of drug-likeness (QED) is 0.562. The molecule has 1 saturated heterocycles. The minimum absolute atomic E-state index is 0.217. The Bertz CT molecular complexity index is 1110. The number of likely N-dealkylation sites (tertiary alicyclic amines) is 1. The second kappa shape index (κ2) is 10.8. The van der Waals surface area contributed by atoms with Gasteiger partial charge in [-0.3, -0.25) is 4.99 Å². The van der Waals surface area contributed by atoms with Crippen LogP contribution in [-0.4, -0.2) is 68.5 Å². The Labute approximate surface area is 204 Å². The first-order valence-corrected chi connectivity index (χ1v) is 13.5. The van der Waals surface area contributed by atoms with E-state index in [4.69, 9.17) is 4.99 Å². The van der Waals surface area contributed by atoms with Gasteiger partial charge < -0.3 is 9.80 Å². The molecule has 2 aliphatic heterocycles. The molecule has 0 bridgehead atoms. The summed E-state index contributed by atoms with van der Waals surface area (Å²) in [7, 11) is 0.230. The van der Waals surface area contributed by atoms with E-state index in [-0.39, 0.29) is 6.04 Å². The Hall–Kier alpha value is -2.48. The van der Waals surface area contributed by atoms with Gasteiger partial charge in [-0.1, -0.05) is 48.5 Å². The summed E-state index contributed by atoms with van der Waals surface area (Å²) in [6, 6.07) is 18.5. The SMILES string of the molecule is CC1=NC(C2CCN(CCC(c3ccccc3)N(C)S(=O)(=O)c3ccccc3)CC2)=CN(C)C1. The summed E-state index contributed by atoms with van der Waals surface area (Å²) >= 11 is 0. The average Bonchev–Trinajstić information content (AvgIpc) is 2.85. The van der Waals surface area contributed by atoms with Gasteiger partial charge >= 0.3 is 0 Å². The zero-order valence-electron chi connectivity index (χ0n) is 20.5. The highest BCUT2D eigenvalue weighted by Crippen LogP contribution is 2.31. The normalized spacial score (nSPS) is 19.1. The van der Waals surface area contributed by atoms with Crippen LogP contribution in [0, 0.1) is 5.92 Å². The van der Waals surface area contributed by atoms with Gasteiger partial charge in [-0.15, -0.1) is 0 Å². The maximum absolute atomic E-state index is 13.4. The Morgan fingerprint density at radius 2 is 1.65 bits per heavy atom. The van der Waals surface area contributed by atoms with Gasteiger partial charge in [-0.05, 0) is 63.5 Å². The highest BCUT2D eigenvalue weighted by Gasteiger charge is 2.30. The van der Waals surface area contributed by atoms with Crippen molar-refractivity contribution >= 4 is 15.7 Å². The van der Waals surface area contributed by atoms with Crippen molar-refractivity contribution in [1.29, 1.82) is 0 Å². The van der Waals surface area contributed by atoms with E-state index in [0.717, 1.165) is 51.0 Å². The van der Waals surface area contributed by atoms with E-state index >= 15 is 0 Å². The minimum Gasteiger partial charge on any atom is -0.373 e.